The van der Waals surface area contributed by atoms with Crippen LogP contribution in [0.2, 0.25) is 0 Å². The number of halogens is 1. The standard InChI is InChI=1S/C8H16ClNO/c9-3-1-4-10-5-2-7-11-8-6-10/h1-8H2. The summed E-state index contributed by atoms with van der Waals surface area (Å²) >= 11 is 5.60. The van der Waals surface area contributed by atoms with Gasteiger partial charge in [0.1, 0.15) is 0 Å². The maximum Gasteiger partial charge on any atom is 0.0593 e. The van der Waals surface area contributed by atoms with E-state index in [1.165, 1.54) is 13.0 Å². The molecule has 0 N–H and O–H groups in total. The van der Waals surface area contributed by atoms with Crippen molar-refractivity contribution in [1.29, 1.82) is 0 Å². The third-order valence-corrected chi connectivity index (χ3v) is 2.19. The molecular weight excluding hydrogens is 162 g/mol. The highest BCUT2D eigenvalue weighted by Crippen LogP contribution is 2.00. The maximum atomic E-state index is 5.60. The molecule has 11 heavy (non-hydrogen) atoms. The zero-order chi connectivity index (χ0) is 7.94. The lowest BCUT2D eigenvalue weighted by Crippen LogP contribution is -2.27. The summed E-state index contributed by atoms with van der Waals surface area (Å²) < 4.78 is 5.33. The van der Waals surface area contributed by atoms with E-state index in [4.69, 9.17) is 16.3 Å². The molecule has 0 aromatic rings. The predicted octanol–water partition coefficient (Wildman–Crippen LogP) is 1.34. The molecule has 0 spiro atoms. The normalized spacial score (nSPS) is 21.5. The second-order valence-corrected chi connectivity index (χ2v) is 3.23. The van der Waals surface area contributed by atoms with Crippen LogP contribution in [0.1, 0.15) is 12.8 Å². The van der Waals surface area contributed by atoms with Crippen molar-refractivity contribution in [1.82, 2.24) is 4.90 Å². The molecule has 1 rings (SSSR count). The molecule has 0 atom stereocenters. The lowest BCUT2D eigenvalue weighted by molar-refractivity contribution is 0.141. The average Bonchev–Trinajstić information content (AvgIpc) is 2.28. The van der Waals surface area contributed by atoms with Gasteiger partial charge < -0.3 is 9.64 Å². The van der Waals surface area contributed by atoms with E-state index in [0.29, 0.717) is 0 Å². The number of ether oxygens (including phenoxy) is 1. The van der Waals surface area contributed by atoms with Gasteiger partial charge in [0.25, 0.3) is 0 Å². The van der Waals surface area contributed by atoms with E-state index in [1.54, 1.807) is 0 Å². The monoisotopic (exact) mass is 177 g/mol. The summed E-state index contributed by atoms with van der Waals surface area (Å²) in [5.74, 6) is 0.775. The fraction of sp³-hybridized carbons (Fsp3) is 1.00. The molecule has 0 aliphatic carbocycles. The Morgan fingerprint density at radius 1 is 1.27 bits per heavy atom. The van der Waals surface area contributed by atoms with Gasteiger partial charge in [0, 0.05) is 25.6 Å². The van der Waals surface area contributed by atoms with Gasteiger partial charge in [-0.1, -0.05) is 0 Å². The molecule has 2 nitrogen and oxygen atoms in total. The van der Waals surface area contributed by atoms with Gasteiger partial charge in [0.15, 0.2) is 0 Å². The summed E-state index contributed by atoms with van der Waals surface area (Å²) in [7, 11) is 0. The lowest BCUT2D eigenvalue weighted by Gasteiger charge is -2.17. The van der Waals surface area contributed by atoms with Gasteiger partial charge >= 0.3 is 0 Å². The molecule has 1 fully saturated rings. The summed E-state index contributed by atoms with van der Waals surface area (Å²) in [5, 5.41) is 0. The van der Waals surface area contributed by atoms with Crippen molar-refractivity contribution in [3.8, 4) is 0 Å². The summed E-state index contributed by atoms with van der Waals surface area (Å²) in [5.41, 5.74) is 0. The first-order valence-electron chi connectivity index (χ1n) is 4.29. The van der Waals surface area contributed by atoms with Gasteiger partial charge in [-0.15, -0.1) is 11.6 Å². The largest absolute Gasteiger partial charge is 0.380 e. The van der Waals surface area contributed by atoms with E-state index >= 15 is 0 Å². The quantitative estimate of drug-likeness (QED) is 0.604. The molecule has 1 aliphatic rings. The van der Waals surface area contributed by atoms with E-state index in [-0.39, 0.29) is 0 Å². The summed E-state index contributed by atoms with van der Waals surface area (Å²) in [6.45, 7) is 5.21. The van der Waals surface area contributed by atoms with Gasteiger partial charge in [0.05, 0.1) is 6.61 Å². The zero-order valence-corrected chi connectivity index (χ0v) is 7.65. The second-order valence-electron chi connectivity index (χ2n) is 2.85. The molecule has 66 valence electrons. The number of alkyl halides is 1. The minimum absolute atomic E-state index is 0.775. The lowest BCUT2D eigenvalue weighted by atomic mass is 10.3. The van der Waals surface area contributed by atoms with Crippen molar-refractivity contribution in [3.05, 3.63) is 0 Å². The van der Waals surface area contributed by atoms with Crippen molar-refractivity contribution < 1.29 is 4.74 Å². The van der Waals surface area contributed by atoms with Crippen molar-refractivity contribution in [2.24, 2.45) is 0 Å². The molecular formula is C8H16ClNO. The highest BCUT2D eigenvalue weighted by atomic mass is 35.5. The number of nitrogens with zero attached hydrogens (tertiary/aromatic N) is 1. The first kappa shape index (κ1) is 9.30. The maximum absolute atomic E-state index is 5.60. The molecule has 0 saturated carbocycles. The molecule has 0 aromatic heterocycles. The van der Waals surface area contributed by atoms with Crippen molar-refractivity contribution >= 4 is 11.6 Å². The van der Waals surface area contributed by atoms with Crippen molar-refractivity contribution in [2.75, 3.05) is 38.7 Å². The SMILES string of the molecule is ClCCCN1CCCOCC1. The Morgan fingerprint density at radius 2 is 2.18 bits per heavy atom. The highest BCUT2D eigenvalue weighted by molar-refractivity contribution is 6.17. The zero-order valence-electron chi connectivity index (χ0n) is 6.89. The molecule has 0 aromatic carbocycles. The third kappa shape index (κ3) is 3.94. The van der Waals surface area contributed by atoms with Crippen LogP contribution in [0.15, 0.2) is 0 Å². The van der Waals surface area contributed by atoms with Gasteiger partial charge in [-0.25, -0.2) is 0 Å². The first-order chi connectivity index (χ1) is 5.43. The minimum Gasteiger partial charge on any atom is -0.380 e. The fourth-order valence-electron chi connectivity index (χ4n) is 1.30. The fourth-order valence-corrected chi connectivity index (χ4v) is 1.42. The number of hydrogen-bond acceptors (Lipinski definition) is 2. The van der Waals surface area contributed by atoms with Crippen LogP contribution in [0, 0.1) is 0 Å². The second kappa shape index (κ2) is 5.81. The van der Waals surface area contributed by atoms with E-state index in [9.17, 15) is 0 Å². The van der Waals surface area contributed by atoms with Crippen LogP contribution in [0.3, 0.4) is 0 Å². The Kier molecular flexibility index (Phi) is 4.91. The number of hydrogen-bond donors (Lipinski definition) is 0. The molecule has 0 unspecified atom stereocenters. The topological polar surface area (TPSA) is 12.5 Å². The Morgan fingerprint density at radius 3 is 3.00 bits per heavy atom. The molecule has 0 bridgehead atoms. The Bertz CT molecular complexity index is 92.1. The van der Waals surface area contributed by atoms with Crippen LogP contribution >= 0.6 is 11.6 Å². The van der Waals surface area contributed by atoms with Crippen LogP contribution in [0.25, 0.3) is 0 Å². The molecule has 1 saturated heterocycles. The minimum atomic E-state index is 0.775. The van der Waals surface area contributed by atoms with E-state index in [0.717, 1.165) is 38.6 Å². The third-order valence-electron chi connectivity index (χ3n) is 1.92. The summed E-state index contributed by atoms with van der Waals surface area (Å²) in [6.07, 6.45) is 2.27. The van der Waals surface area contributed by atoms with Crippen molar-refractivity contribution in [3.63, 3.8) is 0 Å². The first-order valence-corrected chi connectivity index (χ1v) is 4.83. The predicted molar refractivity (Wildman–Crippen MR) is 47.2 cm³/mol. The van der Waals surface area contributed by atoms with Gasteiger partial charge in [-0.3, -0.25) is 0 Å². The summed E-state index contributed by atoms with van der Waals surface area (Å²) in [6, 6.07) is 0. The van der Waals surface area contributed by atoms with Crippen molar-refractivity contribution in [2.45, 2.75) is 12.8 Å². The van der Waals surface area contributed by atoms with E-state index in [2.05, 4.69) is 4.90 Å². The molecule has 0 radical (unpaired) electrons. The summed E-state index contributed by atoms with van der Waals surface area (Å²) in [4.78, 5) is 2.43. The Balaban J connectivity index is 2.09. The molecule has 1 heterocycles. The van der Waals surface area contributed by atoms with E-state index in [1.807, 2.05) is 0 Å². The number of rotatable bonds is 3. The van der Waals surface area contributed by atoms with Gasteiger partial charge in [0.2, 0.25) is 0 Å². The van der Waals surface area contributed by atoms with Crippen LogP contribution in [0.5, 0.6) is 0 Å². The van der Waals surface area contributed by atoms with Crippen LogP contribution in [0.4, 0.5) is 0 Å². The van der Waals surface area contributed by atoms with Crippen LogP contribution < -0.4 is 0 Å². The van der Waals surface area contributed by atoms with Gasteiger partial charge in [-0.05, 0) is 19.4 Å². The Labute approximate surface area is 73.5 Å². The van der Waals surface area contributed by atoms with Crippen LogP contribution in [-0.2, 0) is 4.74 Å². The highest BCUT2D eigenvalue weighted by Gasteiger charge is 2.07. The average molecular weight is 178 g/mol. The molecule has 1 aliphatic heterocycles. The van der Waals surface area contributed by atoms with E-state index < -0.39 is 0 Å². The molecule has 3 heteroatoms. The van der Waals surface area contributed by atoms with Gasteiger partial charge in [-0.2, -0.15) is 0 Å². The smallest absolute Gasteiger partial charge is 0.0593 e. The molecule has 0 amide bonds. The van der Waals surface area contributed by atoms with Crippen LogP contribution in [-0.4, -0.2) is 43.6 Å². The Hall–Kier alpha value is 0.210.